The van der Waals surface area contributed by atoms with Crippen molar-refractivity contribution in [3.63, 3.8) is 0 Å². The number of carbonyl (C=O) groups excluding carboxylic acids is 1. The van der Waals surface area contributed by atoms with Crippen molar-refractivity contribution in [1.29, 1.82) is 0 Å². The number of para-hydroxylation sites is 1. The van der Waals surface area contributed by atoms with Crippen molar-refractivity contribution < 1.29 is 89.6 Å². The van der Waals surface area contributed by atoms with Gasteiger partial charge in [-0.2, -0.15) is 4.98 Å². The van der Waals surface area contributed by atoms with Gasteiger partial charge in [-0.05, 0) is 52.0 Å². The Hall–Kier alpha value is -4.88. The van der Waals surface area contributed by atoms with E-state index in [1.807, 2.05) is 49.4 Å². The molecule has 0 saturated carbocycles. The zero-order valence-electron chi connectivity index (χ0n) is 24.9. The van der Waals surface area contributed by atoms with Crippen LogP contribution < -0.4 is 71.8 Å². The summed E-state index contributed by atoms with van der Waals surface area (Å²) < 4.78 is 22.1. The molecule has 3 aromatic heterocycles. The average Bonchev–Trinajstić information content (AvgIpc) is 3.75. The molecule has 0 radical (unpaired) electrons. The Balaban J connectivity index is 0.00000433. The van der Waals surface area contributed by atoms with E-state index in [2.05, 4.69) is 34.3 Å². The minimum absolute atomic E-state index is 0. The van der Waals surface area contributed by atoms with Gasteiger partial charge in [0.1, 0.15) is 0 Å². The summed E-state index contributed by atoms with van der Waals surface area (Å²) in [4.78, 5) is 47.9. The molecule has 0 spiro atoms. The number of aromatic nitrogens is 6. The van der Waals surface area contributed by atoms with E-state index in [1.54, 1.807) is 28.8 Å². The number of rotatable bonds is 12. The van der Waals surface area contributed by atoms with Crippen LogP contribution in [0.3, 0.4) is 0 Å². The van der Waals surface area contributed by atoms with Crippen LogP contribution in [0.2, 0.25) is 0 Å². The molecule has 0 aliphatic rings. The number of esters is 1. The second-order valence-corrected chi connectivity index (χ2v) is 9.61. The Morgan fingerprint density at radius 1 is 1.04 bits per heavy atom. The van der Waals surface area contributed by atoms with Gasteiger partial charge in [0.2, 0.25) is 5.69 Å². The maximum absolute atomic E-state index is 13.3. The Bertz CT molecular complexity index is 2100. The molecule has 17 nitrogen and oxygen atoms in total. The number of benzene rings is 3. The number of nitrogens with zero attached hydrogens (tertiary/aromatic N) is 7. The minimum Gasteiger partial charge on any atom is -0.465 e. The van der Waals surface area contributed by atoms with Crippen LogP contribution in [0.25, 0.3) is 33.5 Å². The van der Waals surface area contributed by atoms with Crippen molar-refractivity contribution in [2.75, 3.05) is 6.61 Å². The predicted octanol–water partition coefficient (Wildman–Crippen LogP) is -0.187. The summed E-state index contributed by atoms with van der Waals surface area (Å²) >= 11 is 0. The maximum Gasteiger partial charge on any atom is 1.00 e. The molecule has 0 aliphatic heterocycles. The molecule has 0 N–H and O–H groups in total. The minimum atomic E-state index is -1.08. The van der Waals surface area contributed by atoms with Crippen molar-refractivity contribution in [2.24, 2.45) is 0 Å². The standard InChI is InChI=1S/C29H23N7O10.K/c1-2-42-28-30-22-9-5-8-21(27(37)43-15-23-24(16-44-36(40)41)35(39)46-32-23)25(22)34(28)14-17-10-12-18(13-11-17)19-6-3-4-7-20(19)26-31-29(38)45-33-26;/h3-13H,2,14-16H2,1H3,(H,31,33,38);/q;+1/p-1. The number of carbonyl (C=O) groups is 1. The molecule has 0 bridgehead atoms. The van der Waals surface area contributed by atoms with Crippen LogP contribution in [0, 0.1) is 15.3 Å². The summed E-state index contributed by atoms with van der Waals surface area (Å²) in [5.41, 5.74) is 3.73. The Morgan fingerprint density at radius 3 is 2.51 bits per heavy atom. The van der Waals surface area contributed by atoms with Gasteiger partial charge in [0.05, 0.1) is 29.7 Å². The van der Waals surface area contributed by atoms with Gasteiger partial charge >= 0.3 is 63.1 Å². The summed E-state index contributed by atoms with van der Waals surface area (Å²) in [5, 5.41) is 28.5. The van der Waals surface area contributed by atoms with Crippen LogP contribution in [0.4, 0.5) is 0 Å². The average molecular weight is 668 g/mol. The molecule has 6 rings (SSSR count). The largest absolute Gasteiger partial charge is 1.00 e. The first-order valence-corrected chi connectivity index (χ1v) is 13.7. The van der Waals surface area contributed by atoms with E-state index in [4.69, 9.17) is 9.47 Å². The van der Waals surface area contributed by atoms with Gasteiger partial charge in [-0.1, -0.05) is 54.6 Å². The van der Waals surface area contributed by atoms with Crippen molar-refractivity contribution in [3.05, 3.63) is 115 Å². The van der Waals surface area contributed by atoms with E-state index in [0.29, 0.717) is 23.2 Å². The maximum atomic E-state index is 13.3. The first kappa shape index (κ1) is 33.5. The molecule has 0 amide bonds. The number of hydrogen-bond donors (Lipinski definition) is 0. The quantitative estimate of drug-likeness (QED) is 0.0544. The SMILES string of the molecule is CCOc1nc2cccc(C(=O)OCc3no[n+]([O-])c3CO[N+](=O)[O-])c2n1Cc1ccc(-c2ccccc2-c2noc(=O)[n-]2)cc1.[K+]. The molecule has 0 aliphatic carbocycles. The molecule has 234 valence electrons. The van der Waals surface area contributed by atoms with Gasteiger partial charge in [0, 0.05) is 5.16 Å². The number of imidazole rings is 1. The summed E-state index contributed by atoms with van der Waals surface area (Å²) in [6.45, 7) is 1.14. The molecule has 0 atom stereocenters. The summed E-state index contributed by atoms with van der Waals surface area (Å²) in [6, 6.07) is 20.2. The molecule has 18 heteroatoms. The number of ether oxygens (including phenoxy) is 2. The fourth-order valence-electron chi connectivity index (χ4n) is 4.80. The molecule has 47 heavy (non-hydrogen) atoms. The Labute approximate surface area is 306 Å². The molecule has 0 unspecified atom stereocenters. The summed E-state index contributed by atoms with van der Waals surface area (Å²) in [7, 11) is 0. The molecule has 0 saturated heterocycles. The third kappa shape index (κ3) is 7.26. The second-order valence-electron chi connectivity index (χ2n) is 9.61. The monoisotopic (exact) mass is 667 g/mol. The third-order valence-electron chi connectivity index (χ3n) is 6.83. The molecule has 0 fully saturated rings. The van der Waals surface area contributed by atoms with E-state index >= 15 is 0 Å². The van der Waals surface area contributed by atoms with Crippen LogP contribution in [0.15, 0.2) is 80.7 Å². The van der Waals surface area contributed by atoms with Gasteiger partial charge in [-0.15, -0.1) is 10.1 Å². The van der Waals surface area contributed by atoms with Crippen LogP contribution in [0.1, 0.15) is 34.2 Å². The van der Waals surface area contributed by atoms with E-state index in [-0.39, 0.29) is 91.6 Å². The fraction of sp³-hybridized carbons (Fsp3) is 0.172. The van der Waals surface area contributed by atoms with Gasteiger partial charge in [-0.3, -0.25) is 14.4 Å². The van der Waals surface area contributed by atoms with E-state index in [1.165, 1.54) is 0 Å². The second kappa shape index (κ2) is 14.7. The van der Waals surface area contributed by atoms with E-state index in [9.17, 15) is 24.9 Å². The zero-order chi connectivity index (χ0) is 32.2. The van der Waals surface area contributed by atoms with Crippen molar-refractivity contribution in [1.82, 2.24) is 24.8 Å². The summed E-state index contributed by atoms with van der Waals surface area (Å²) in [5.74, 6) is -1.36. The topological polar surface area (TPSA) is 216 Å². The molecule has 3 heterocycles. The molecule has 6 aromatic rings. The van der Waals surface area contributed by atoms with Gasteiger partial charge in [0.15, 0.2) is 13.2 Å². The fourth-order valence-corrected chi connectivity index (χ4v) is 4.80. The van der Waals surface area contributed by atoms with Crippen LogP contribution >= 0.6 is 0 Å². The van der Waals surface area contributed by atoms with E-state index < -0.39 is 30.0 Å². The van der Waals surface area contributed by atoms with Crippen LogP contribution in [0.5, 0.6) is 6.01 Å². The van der Waals surface area contributed by atoms with Crippen molar-refractivity contribution in [2.45, 2.75) is 26.7 Å². The number of fused-ring (bicyclic) bond motifs is 1. The third-order valence-corrected chi connectivity index (χ3v) is 6.83. The zero-order valence-corrected chi connectivity index (χ0v) is 28.0. The summed E-state index contributed by atoms with van der Waals surface area (Å²) in [6.07, 6.45) is 0. The Morgan fingerprint density at radius 2 is 1.81 bits per heavy atom. The predicted molar refractivity (Wildman–Crippen MR) is 153 cm³/mol. The molecular weight excluding hydrogens is 645 g/mol. The van der Waals surface area contributed by atoms with Gasteiger partial charge in [-0.25, -0.2) is 9.59 Å². The first-order chi connectivity index (χ1) is 22.3. The Kier molecular flexibility index (Phi) is 10.5. The molecular formula is C29H22KN7O10. The van der Waals surface area contributed by atoms with E-state index in [0.717, 1.165) is 16.7 Å². The first-order valence-electron chi connectivity index (χ1n) is 13.7. The van der Waals surface area contributed by atoms with Crippen molar-refractivity contribution in [3.8, 4) is 28.5 Å². The van der Waals surface area contributed by atoms with Gasteiger partial charge in [0.25, 0.3) is 16.8 Å². The molecule has 3 aromatic carbocycles. The van der Waals surface area contributed by atoms with Gasteiger partial charge < -0.3 is 29.0 Å². The smallest absolute Gasteiger partial charge is 0.465 e. The van der Waals surface area contributed by atoms with Crippen LogP contribution in [-0.4, -0.2) is 37.5 Å². The number of hydrogen-bond acceptors (Lipinski definition) is 13. The van der Waals surface area contributed by atoms with Crippen molar-refractivity contribution >= 4 is 17.0 Å². The van der Waals surface area contributed by atoms with Crippen LogP contribution in [-0.2, 0) is 29.3 Å². The normalized spacial score (nSPS) is 10.8.